The highest BCUT2D eigenvalue weighted by Crippen LogP contribution is 2.40. The molecule has 25 heavy (non-hydrogen) atoms. The number of benzene rings is 2. The van der Waals surface area contributed by atoms with Crippen LogP contribution >= 0.6 is 0 Å². The quantitative estimate of drug-likeness (QED) is 0.770. The fraction of sp³-hybridized carbons (Fsp3) is 0.263. The molecule has 130 valence electrons. The zero-order chi connectivity index (χ0) is 18.0. The second kappa shape index (κ2) is 6.94. The first-order valence-electron chi connectivity index (χ1n) is 7.87. The molecule has 6 heteroatoms. The third kappa shape index (κ3) is 3.08. The number of para-hydroxylation sites is 1. The zero-order valence-electron chi connectivity index (χ0n) is 14.7. The van der Waals surface area contributed by atoms with Gasteiger partial charge in [0, 0.05) is 5.39 Å². The highest BCUT2D eigenvalue weighted by atomic mass is 16.5. The number of aromatic nitrogens is 2. The summed E-state index contributed by atoms with van der Waals surface area (Å²) in [7, 11) is 4.73. The first-order valence-corrected chi connectivity index (χ1v) is 7.87. The highest BCUT2D eigenvalue weighted by Gasteiger charge is 2.20. The molecule has 1 aromatic heterocycles. The third-order valence-electron chi connectivity index (χ3n) is 4.09. The molecule has 0 saturated carbocycles. The van der Waals surface area contributed by atoms with Crippen LogP contribution in [-0.4, -0.2) is 31.3 Å². The second-order valence-electron chi connectivity index (χ2n) is 5.61. The van der Waals surface area contributed by atoms with Gasteiger partial charge in [-0.25, -0.2) is 9.97 Å². The molecule has 3 aromatic rings. The Morgan fingerprint density at radius 2 is 1.56 bits per heavy atom. The number of nitrogens with zero attached hydrogens (tertiary/aromatic N) is 2. The van der Waals surface area contributed by atoms with Gasteiger partial charge in [-0.3, -0.25) is 0 Å². The van der Waals surface area contributed by atoms with Crippen molar-refractivity contribution in [2.24, 2.45) is 5.73 Å². The van der Waals surface area contributed by atoms with Crippen LogP contribution in [0, 0.1) is 6.92 Å². The van der Waals surface area contributed by atoms with Crippen molar-refractivity contribution in [3.8, 4) is 17.2 Å². The molecular weight excluding hydrogens is 318 g/mol. The van der Waals surface area contributed by atoms with Gasteiger partial charge >= 0.3 is 0 Å². The van der Waals surface area contributed by atoms with E-state index in [1.54, 1.807) is 21.3 Å². The van der Waals surface area contributed by atoms with Crippen LogP contribution in [0.2, 0.25) is 0 Å². The van der Waals surface area contributed by atoms with E-state index in [0.717, 1.165) is 22.2 Å². The number of aryl methyl sites for hydroxylation is 1. The Kier molecular flexibility index (Phi) is 4.72. The molecule has 3 rings (SSSR count). The number of rotatable bonds is 5. The van der Waals surface area contributed by atoms with E-state index in [1.165, 1.54) is 0 Å². The Bertz CT molecular complexity index is 887. The van der Waals surface area contributed by atoms with Crippen LogP contribution in [0.15, 0.2) is 36.4 Å². The van der Waals surface area contributed by atoms with Gasteiger partial charge in [0.15, 0.2) is 11.5 Å². The molecular formula is C19H21N3O3. The zero-order valence-corrected chi connectivity index (χ0v) is 14.7. The van der Waals surface area contributed by atoms with Crippen molar-refractivity contribution in [3.05, 3.63) is 53.5 Å². The molecule has 0 amide bonds. The van der Waals surface area contributed by atoms with E-state index in [0.29, 0.717) is 23.1 Å². The molecule has 0 saturated heterocycles. The third-order valence-corrected chi connectivity index (χ3v) is 4.09. The van der Waals surface area contributed by atoms with E-state index in [2.05, 4.69) is 9.97 Å². The lowest BCUT2D eigenvalue weighted by molar-refractivity contribution is 0.323. The number of methoxy groups -OCH3 is 3. The van der Waals surface area contributed by atoms with Crippen LogP contribution in [0.1, 0.15) is 23.1 Å². The maximum Gasteiger partial charge on any atom is 0.203 e. The fourth-order valence-corrected chi connectivity index (χ4v) is 2.90. The molecule has 0 bridgehead atoms. The molecule has 0 aliphatic carbocycles. The van der Waals surface area contributed by atoms with E-state index in [1.807, 2.05) is 43.3 Å². The SMILES string of the molecule is COc1cc(C(N)c2nc(C)nc3ccccc23)cc(OC)c1OC. The predicted octanol–water partition coefficient (Wildman–Crippen LogP) is 3.01. The summed E-state index contributed by atoms with van der Waals surface area (Å²) in [5.41, 5.74) is 9.00. The molecule has 1 atom stereocenters. The Labute approximate surface area is 146 Å². The molecule has 0 aliphatic rings. The van der Waals surface area contributed by atoms with E-state index in [4.69, 9.17) is 19.9 Å². The topological polar surface area (TPSA) is 79.5 Å². The van der Waals surface area contributed by atoms with Gasteiger partial charge in [-0.1, -0.05) is 18.2 Å². The number of fused-ring (bicyclic) bond motifs is 1. The molecule has 0 fully saturated rings. The number of hydrogen-bond acceptors (Lipinski definition) is 6. The molecule has 1 unspecified atom stereocenters. The smallest absolute Gasteiger partial charge is 0.203 e. The molecule has 0 aliphatic heterocycles. The summed E-state index contributed by atoms with van der Waals surface area (Å²) in [6, 6.07) is 11.1. The average molecular weight is 339 g/mol. The van der Waals surface area contributed by atoms with Crippen molar-refractivity contribution in [2.75, 3.05) is 21.3 Å². The van der Waals surface area contributed by atoms with Gasteiger partial charge in [0.1, 0.15) is 5.82 Å². The molecule has 0 radical (unpaired) electrons. The van der Waals surface area contributed by atoms with Gasteiger partial charge in [-0.15, -0.1) is 0 Å². The highest BCUT2D eigenvalue weighted by molar-refractivity contribution is 5.81. The monoisotopic (exact) mass is 339 g/mol. The lowest BCUT2D eigenvalue weighted by atomic mass is 9.99. The number of hydrogen-bond donors (Lipinski definition) is 1. The van der Waals surface area contributed by atoms with Crippen molar-refractivity contribution < 1.29 is 14.2 Å². The Hall–Kier alpha value is -2.86. The predicted molar refractivity (Wildman–Crippen MR) is 96.4 cm³/mol. The largest absolute Gasteiger partial charge is 0.493 e. The van der Waals surface area contributed by atoms with Crippen LogP contribution in [0.5, 0.6) is 17.2 Å². The summed E-state index contributed by atoms with van der Waals surface area (Å²) < 4.78 is 16.2. The van der Waals surface area contributed by atoms with E-state index in [-0.39, 0.29) is 0 Å². The van der Waals surface area contributed by atoms with Crippen molar-refractivity contribution in [1.82, 2.24) is 9.97 Å². The van der Waals surface area contributed by atoms with Gasteiger partial charge in [-0.2, -0.15) is 0 Å². The van der Waals surface area contributed by atoms with Crippen molar-refractivity contribution in [2.45, 2.75) is 13.0 Å². The van der Waals surface area contributed by atoms with Crippen molar-refractivity contribution in [3.63, 3.8) is 0 Å². The van der Waals surface area contributed by atoms with Crippen molar-refractivity contribution >= 4 is 10.9 Å². The number of ether oxygens (including phenoxy) is 3. The first-order chi connectivity index (χ1) is 12.1. The summed E-state index contributed by atoms with van der Waals surface area (Å²) in [6.45, 7) is 1.86. The molecule has 1 heterocycles. The fourth-order valence-electron chi connectivity index (χ4n) is 2.90. The summed E-state index contributed by atoms with van der Waals surface area (Å²) in [4.78, 5) is 9.05. The standard InChI is InChI=1S/C19H21N3O3/c1-11-21-14-8-6-5-7-13(14)18(22-11)17(20)12-9-15(23-2)19(25-4)16(10-12)24-3/h5-10,17H,20H2,1-4H3. The van der Waals surface area contributed by atoms with E-state index in [9.17, 15) is 0 Å². The van der Waals surface area contributed by atoms with Crippen LogP contribution < -0.4 is 19.9 Å². The normalized spacial score (nSPS) is 12.0. The Balaban J connectivity index is 2.17. The lowest BCUT2D eigenvalue weighted by Crippen LogP contribution is -2.16. The van der Waals surface area contributed by atoms with Crippen LogP contribution in [0.3, 0.4) is 0 Å². The number of nitrogens with two attached hydrogens (primary N) is 1. The van der Waals surface area contributed by atoms with Crippen LogP contribution in [0.4, 0.5) is 0 Å². The Morgan fingerprint density at radius 3 is 2.16 bits per heavy atom. The maximum absolute atomic E-state index is 6.55. The lowest BCUT2D eigenvalue weighted by Gasteiger charge is -2.18. The van der Waals surface area contributed by atoms with Crippen LogP contribution in [0.25, 0.3) is 10.9 Å². The average Bonchev–Trinajstić information content (AvgIpc) is 2.65. The van der Waals surface area contributed by atoms with Gasteiger partial charge in [0.05, 0.1) is 38.6 Å². The van der Waals surface area contributed by atoms with Gasteiger partial charge in [0.25, 0.3) is 0 Å². The van der Waals surface area contributed by atoms with E-state index < -0.39 is 6.04 Å². The minimum absolute atomic E-state index is 0.458. The Morgan fingerprint density at radius 1 is 0.920 bits per heavy atom. The molecule has 2 aromatic carbocycles. The van der Waals surface area contributed by atoms with Gasteiger partial charge in [0.2, 0.25) is 5.75 Å². The van der Waals surface area contributed by atoms with E-state index >= 15 is 0 Å². The molecule has 2 N–H and O–H groups in total. The molecule has 6 nitrogen and oxygen atoms in total. The van der Waals surface area contributed by atoms with Gasteiger partial charge < -0.3 is 19.9 Å². The first kappa shape index (κ1) is 17.0. The maximum atomic E-state index is 6.55. The summed E-state index contributed by atoms with van der Waals surface area (Å²) in [6.07, 6.45) is 0. The van der Waals surface area contributed by atoms with Gasteiger partial charge in [-0.05, 0) is 30.7 Å². The summed E-state index contributed by atoms with van der Waals surface area (Å²) >= 11 is 0. The second-order valence-corrected chi connectivity index (χ2v) is 5.61. The summed E-state index contributed by atoms with van der Waals surface area (Å²) in [5, 5.41) is 0.925. The molecule has 0 spiro atoms. The minimum Gasteiger partial charge on any atom is -0.493 e. The van der Waals surface area contributed by atoms with Crippen molar-refractivity contribution in [1.29, 1.82) is 0 Å². The van der Waals surface area contributed by atoms with Crippen LogP contribution in [-0.2, 0) is 0 Å². The summed E-state index contributed by atoms with van der Waals surface area (Å²) in [5.74, 6) is 2.33. The minimum atomic E-state index is -0.458.